The number of unbranched alkanes of at least 4 members (excludes halogenated alkanes) is 3. The molecule has 6 nitrogen and oxygen atoms in total. The van der Waals surface area contributed by atoms with E-state index in [1.807, 2.05) is 71.6 Å². The minimum atomic E-state index is -0.0728. The third-order valence-corrected chi connectivity index (χ3v) is 7.43. The fourth-order valence-electron chi connectivity index (χ4n) is 4.06. The zero-order valence-corrected chi connectivity index (χ0v) is 23.0. The molecule has 1 aromatic heterocycles. The van der Waals surface area contributed by atoms with Crippen LogP contribution in [-0.4, -0.2) is 51.8 Å². The average molecular weight is 536 g/mol. The molecule has 2 heterocycles. The second kappa shape index (κ2) is 13.6. The number of para-hydroxylation sites is 1. The first-order chi connectivity index (χ1) is 18.1. The molecule has 3 aromatic rings. The summed E-state index contributed by atoms with van der Waals surface area (Å²) in [5, 5.41) is 4.89. The lowest BCUT2D eigenvalue weighted by Crippen LogP contribution is -2.29. The van der Waals surface area contributed by atoms with Gasteiger partial charge in [0, 0.05) is 37.6 Å². The first kappa shape index (κ1) is 27.1. The number of ether oxygens (including phenoxy) is 2. The topological polar surface area (TPSA) is 56.6 Å². The molecule has 0 atom stereocenters. The van der Waals surface area contributed by atoms with Gasteiger partial charge in [-0.1, -0.05) is 68.4 Å². The molecule has 8 heteroatoms. The van der Waals surface area contributed by atoms with Crippen molar-refractivity contribution >= 4 is 40.3 Å². The van der Waals surface area contributed by atoms with Crippen LogP contribution in [0.4, 0.5) is 0 Å². The van der Waals surface area contributed by atoms with Gasteiger partial charge in [0.2, 0.25) is 0 Å². The van der Waals surface area contributed by atoms with Gasteiger partial charge in [-0.15, -0.1) is 0 Å². The third-order valence-electron chi connectivity index (χ3n) is 6.05. The SMILES string of the molecule is CCCCCCOc1ccc(-c2nn(-c3ccccc3)cc2/C=C2/SC(=S)N(CCCOC)C2=O)cc1. The van der Waals surface area contributed by atoms with Crippen molar-refractivity contribution in [2.75, 3.05) is 26.9 Å². The van der Waals surface area contributed by atoms with Crippen LogP contribution in [0.2, 0.25) is 0 Å². The van der Waals surface area contributed by atoms with Gasteiger partial charge in [-0.3, -0.25) is 9.69 Å². The van der Waals surface area contributed by atoms with Crippen molar-refractivity contribution in [3.05, 3.63) is 71.3 Å². The highest BCUT2D eigenvalue weighted by Crippen LogP contribution is 2.35. The Bertz CT molecular complexity index is 1220. The van der Waals surface area contributed by atoms with Crippen LogP contribution in [-0.2, 0) is 9.53 Å². The lowest BCUT2D eigenvalue weighted by Gasteiger charge is -2.13. The summed E-state index contributed by atoms with van der Waals surface area (Å²) < 4.78 is 13.5. The Morgan fingerprint density at radius 3 is 2.51 bits per heavy atom. The predicted molar refractivity (Wildman–Crippen MR) is 155 cm³/mol. The summed E-state index contributed by atoms with van der Waals surface area (Å²) in [5.74, 6) is 0.776. The molecule has 0 bridgehead atoms. The first-order valence-corrected chi connectivity index (χ1v) is 14.0. The van der Waals surface area contributed by atoms with E-state index in [0.717, 1.165) is 47.7 Å². The van der Waals surface area contributed by atoms with E-state index in [9.17, 15) is 4.79 Å². The van der Waals surface area contributed by atoms with Crippen LogP contribution in [0.3, 0.4) is 0 Å². The molecule has 0 saturated carbocycles. The number of thioether (sulfide) groups is 1. The number of thiocarbonyl (C=S) groups is 1. The summed E-state index contributed by atoms with van der Waals surface area (Å²) in [6, 6.07) is 18.0. The molecular weight excluding hydrogens is 502 g/mol. The molecular formula is C29H33N3O3S2. The number of nitrogens with zero attached hydrogens (tertiary/aromatic N) is 3. The molecule has 0 aliphatic carbocycles. The third kappa shape index (κ3) is 7.09. The summed E-state index contributed by atoms with van der Waals surface area (Å²) in [7, 11) is 1.66. The lowest BCUT2D eigenvalue weighted by molar-refractivity contribution is -0.122. The Labute approximate surface area is 228 Å². The maximum absolute atomic E-state index is 13.1. The molecule has 1 amide bonds. The average Bonchev–Trinajstić information content (AvgIpc) is 3.46. The number of methoxy groups -OCH3 is 1. The van der Waals surface area contributed by atoms with Gasteiger partial charge in [-0.2, -0.15) is 5.10 Å². The van der Waals surface area contributed by atoms with E-state index in [1.165, 1.54) is 31.0 Å². The number of carbonyl (C=O) groups is 1. The zero-order valence-electron chi connectivity index (χ0n) is 21.4. The fraction of sp³-hybridized carbons (Fsp3) is 0.345. The number of carbonyl (C=O) groups excluding carboxylic acids is 1. The van der Waals surface area contributed by atoms with Crippen LogP contribution in [0.1, 0.15) is 44.6 Å². The summed E-state index contributed by atoms with van der Waals surface area (Å²) >= 11 is 6.82. The molecule has 194 valence electrons. The minimum Gasteiger partial charge on any atom is -0.494 e. The Morgan fingerprint density at radius 1 is 1.00 bits per heavy atom. The Morgan fingerprint density at radius 2 is 1.78 bits per heavy atom. The highest BCUT2D eigenvalue weighted by molar-refractivity contribution is 8.26. The first-order valence-electron chi connectivity index (χ1n) is 12.7. The summed E-state index contributed by atoms with van der Waals surface area (Å²) in [6.07, 6.45) is 9.29. The van der Waals surface area contributed by atoms with Gasteiger partial charge in [-0.05, 0) is 55.3 Å². The normalized spacial score (nSPS) is 14.6. The highest BCUT2D eigenvalue weighted by atomic mass is 32.2. The Kier molecular flexibility index (Phi) is 9.93. The second-order valence-corrected chi connectivity index (χ2v) is 10.5. The Balaban J connectivity index is 1.59. The van der Waals surface area contributed by atoms with E-state index in [4.69, 9.17) is 26.8 Å². The van der Waals surface area contributed by atoms with E-state index < -0.39 is 0 Å². The minimum absolute atomic E-state index is 0.0728. The summed E-state index contributed by atoms with van der Waals surface area (Å²) in [4.78, 5) is 15.4. The van der Waals surface area contributed by atoms with Crippen LogP contribution in [0.25, 0.3) is 23.0 Å². The van der Waals surface area contributed by atoms with Crippen molar-refractivity contribution in [3.63, 3.8) is 0 Å². The maximum Gasteiger partial charge on any atom is 0.266 e. The molecule has 37 heavy (non-hydrogen) atoms. The molecule has 1 fully saturated rings. The van der Waals surface area contributed by atoms with E-state index in [2.05, 4.69) is 6.92 Å². The van der Waals surface area contributed by atoms with Crippen molar-refractivity contribution in [2.45, 2.75) is 39.0 Å². The van der Waals surface area contributed by atoms with Gasteiger partial charge >= 0.3 is 0 Å². The second-order valence-electron chi connectivity index (χ2n) is 8.83. The van der Waals surface area contributed by atoms with Crippen LogP contribution >= 0.6 is 24.0 Å². The predicted octanol–water partition coefficient (Wildman–Crippen LogP) is 6.74. The zero-order chi connectivity index (χ0) is 26.0. The van der Waals surface area contributed by atoms with E-state index in [1.54, 1.807) is 12.0 Å². The molecule has 2 aromatic carbocycles. The molecule has 1 saturated heterocycles. The number of amides is 1. The monoisotopic (exact) mass is 535 g/mol. The van der Waals surface area contributed by atoms with E-state index in [0.29, 0.717) is 22.4 Å². The van der Waals surface area contributed by atoms with Crippen LogP contribution in [0, 0.1) is 0 Å². The van der Waals surface area contributed by atoms with Gasteiger partial charge < -0.3 is 9.47 Å². The van der Waals surface area contributed by atoms with Crippen LogP contribution in [0.15, 0.2) is 65.7 Å². The van der Waals surface area contributed by atoms with Gasteiger partial charge in [0.25, 0.3) is 5.91 Å². The van der Waals surface area contributed by atoms with Gasteiger partial charge in [0.05, 0.1) is 22.9 Å². The van der Waals surface area contributed by atoms with Crippen molar-refractivity contribution < 1.29 is 14.3 Å². The summed E-state index contributed by atoms with van der Waals surface area (Å²) in [5.41, 5.74) is 3.55. The fourth-order valence-corrected chi connectivity index (χ4v) is 5.36. The molecule has 1 aliphatic rings. The van der Waals surface area contributed by atoms with E-state index in [-0.39, 0.29) is 5.91 Å². The van der Waals surface area contributed by atoms with Crippen molar-refractivity contribution in [2.24, 2.45) is 0 Å². The smallest absolute Gasteiger partial charge is 0.266 e. The highest BCUT2D eigenvalue weighted by Gasteiger charge is 2.32. The number of aromatic nitrogens is 2. The standard InChI is InChI=1S/C29H33N3O3S2/c1-3-4-5-9-19-35-25-15-13-22(14-16-25)27-23(21-32(30-27)24-11-7-6-8-12-24)20-26-28(33)31(29(36)37-26)17-10-18-34-2/h6-8,11-16,20-21H,3-5,9-10,17-19H2,1-2H3/b26-20+. The maximum atomic E-state index is 13.1. The Hall–Kier alpha value is -2.94. The largest absolute Gasteiger partial charge is 0.494 e. The van der Waals surface area contributed by atoms with Gasteiger partial charge in [0.15, 0.2) is 0 Å². The quantitative estimate of drug-likeness (QED) is 0.137. The molecule has 0 N–H and O–H groups in total. The van der Waals surface area contributed by atoms with Crippen molar-refractivity contribution in [1.82, 2.24) is 14.7 Å². The van der Waals surface area contributed by atoms with Crippen molar-refractivity contribution in [3.8, 4) is 22.7 Å². The lowest BCUT2D eigenvalue weighted by atomic mass is 10.1. The number of hydrogen-bond donors (Lipinski definition) is 0. The number of hydrogen-bond acceptors (Lipinski definition) is 6. The van der Waals surface area contributed by atoms with Gasteiger partial charge in [0.1, 0.15) is 10.1 Å². The molecule has 0 radical (unpaired) electrons. The van der Waals surface area contributed by atoms with Crippen LogP contribution < -0.4 is 4.74 Å². The van der Waals surface area contributed by atoms with Crippen LogP contribution in [0.5, 0.6) is 5.75 Å². The molecule has 0 spiro atoms. The van der Waals surface area contributed by atoms with Crippen molar-refractivity contribution in [1.29, 1.82) is 0 Å². The number of benzene rings is 2. The summed E-state index contributed by atoms with van der Waals surface area (Å²) in [6.45, 7) is 4.06. The molecule has 1 aliphatic heterocycles. The number of rotatable bonds is 13. The van der Waals surface area contributed by atoms with E-state index >= 15 is 0 Å². The molecule has 4 rings (SSSR count). The van der Waals surface area contributed by atoms with Gasteiger partial charge in [-0.25, -0.2) is 4.68 Å². The molecule has 0 unspecified atom stereocenters.